The normalized spacial score (nSPS) is 12.3. The molecular formula is C16H33O3P. The number of unbranched alkanes of at least 4 members (excludes halogenated alkanes) is 6. The molecule has 0 heterocycles. The lowest BCUT2D eigenvalue weighted by Gasteiger charge is -2.15. The van der Waals surface area contributed by atoms with E-state index in [9.17, 15) is 4.57 Å². The van der Waals surface area contributed by atoms with Crippen LogP contribution in [0.15, 0.2) is 11.9 Å². The van der Waals surface area contributed by atoms with Gasteiger partial charge in [-0.3, -0.25) is 4.57 Å². The minimum absolute atomic E-state index is 0.528. The van der Waals surface area contributed by atoms with Gasteiger partial charge in [-0.05, 0) is 19.3 Å². The molecule has 0 unspecified atom stereocenters. The zero-order valence-corrected chi connectivity index (χ0v) is 14.5. The van der Waals surface area contributed by atoms with Gasteiger partial charge in [0.15, 0.2) is 0 Å². The van der Waals surface area contributed by atoms with Gasteiger partial charge in [0, 0.05) is 5.82 Å². The Labute approximate surface area is 125 Å². The van der Waals surface area contributed by atoms with Crippen LogP contribution in [0.1, 0.15) is 78.6 Å². The number of hydrogen-bond donors (Lipinski definition) is 0. The fraction of sp³-hybridized carbons (Fsp3) is 0.875. The molecular weight excluding hydrogens is 271 g/mol. The number of rotatable bonds is 14. The minimum atomic E-state index is -3.01. The Morgan fingerprint density at radius 1 is 0.800 bits per heavy atom. The summed E-state index contributed by atoms with van der Waals surface area (Å²) in [6.07, 6.45) is 11.7. The maximum atomic E-state index is 12.5. The molecule has 0 aliphatic carbocycles. The fourth-order valence-electron chi connectivity index (χ4n) is 1.80. The van der Waals surface area contributed by atoms with Crippen LogP contribution in [0.4, 0.5) is 0 Å². The van der Waals surface area contributed by atoms with Crippen molar-refractivity contribution in [3.8, 4) is 0 Å². The molecule has 0 aromatic carbocycles. The molecule has 0 rings (SSSR count). The van der Waals surface area contributed by atoms with Gasteiger partial charge in [-0.25, -0.2) is 0 Å². The van der Waals surface area contributed by atoms with Crippen LogP contribution in [0, 0.1) is 0 Å². The first kappa shape index (κ1) is 19.9. The van der Waals surface area contributed by atoms with Gasteiger partial charge >= 0.3 is 7.60 Å². The Kier molecular flexibility index (Phi) is 13.8. The maximum absolute atomic E-state index is 12.5. The Morgan fingerprint density at radius 2 is 1.30 bits per heavy atom. The second-order valence-electron chi connectivity index (χ2n) is 5.12. The predicted molar refractivity (Wildman–Crippen MR) is 87.2 cm³/mol. The second-order valence-corrected chi connectivity index (χ2v) is 7.01. The van der Waals surface area contributed by atoms with Crippen LogP contribution in [0.3, 0.4) is 0 Å². The number of allylic oxidation sites excluding steroid dienone is 1. The quantitative estimate of drug-likeness (QED) is 0.279. The van der Waals surface area contributed by atoms with E-state index in [4.69, 9.17) is 9.05 Å². The van der Waals surface area contributed by atoms with E-state index in [1.165, 1.54) is 25.7 Å². The monoisotopic (exact) mass is 304 g/mol. The molecule has 0 aliphatic rings. The molecule has 0 spiro atoms. The van der Waals surface area contributed by atoms with Crippen molar-refractivity contribution < 1.29 is 13.6 Å². The molecule has 0 amide bonds. The highest BCUT2D eigenvalue weighted by Crippen LogP contribution is 2.50. The summed E-state index contributed by atoms with van der Waals surface area (Å²) >= 11 is 0. The molecule has 3 nitrogen and oxygen atoms in total. The molecule has 20 heavy (non-hydrogen) atoms. The summed E-state index contributed by atoms with van der Waals surface area (Å²) in [5.41, 5.74) is 0. The van der Waals surface area contributed by atoms with Gasteiger partial charge in [0.05, 0.1) is 13.2 Å². The van der Waals surface area contributed by atoms with E-state index in [0.717, 1.165) is 32.1 Å². The smallest absolute Gasteiger partial charge is 0.306 e. The highest BCUT2D eigenvalue weighted by Gasteiger charge is 2.19. The third-order valence-corrected chi connectivity index (χ3v) is 4.72. The molecule has 0 aliphatic heterocycles. The first-order chi connectivity index (χ1) is 9.68. The van der Waals surface area contributed by atoms with Crippen LogP contribution >= 0.6 is 7.60 Å². The molecule has 120 valence electrons. The van der Waals surface area contributed by atoms with Gasteiger partial charge in [0.2, 0.25) is 0 Å². The molecule has 0 aromatic heterocycles. The van der Waals surface area contributed by atoms with Gasteiger partial charge < -0.3 is 9.05 Å². The molecule has 0 saturated carbocycles. The van der Waals surface area contributed by atoms with Crippen LogP contribution in [-0.4, -0.2) is 13.2 Å². The van der Waals surface area contributed by atoms with Gasteiger partial charge in [0.1, 0.15) is 0 Å². The largest absolute Gasteiger partial charge is 0.353 e. The van der Waals surface area contributed by atoms with E-state index in [2.05, 4.69) is 13.8 Å². The molecule has 0 bridgehead atoms. The zero-order valence-electron chi connectivity index (χ0n) is 13.6. The maximum Gasteiger partial charge on any atom is 0.353 e. The minimum Gasteiger partial charge on any atom is -0.306 e. The van der Waals surface area contributed by atoms with Gasteiger partial charge in [-0.2, -0.15) is 0 Å². The van der Waals surface area contributed by atoms with Crippen molar-refractivity contribution in [1.29, 1.82) is 0 Å². The summed E-state index contributed by atoms with van der Waals surface area (Å²) in [5, 5.41) is 0. The molecule has 0 radical (unpaired) electrons. The molecule has 0 saturated heterocycles. The topological polar surface area (TPSA) is 35.5 Å². The van der Waals surface area contributed by atoms with Crippen molar-refractivity contribution in [2.24, 2.45) is 0 Å². The molecule has 0 fully saturated rings. The van der Waals surface area contributed by atoms with Crippen LogP contribution in [-0.2, 0) is 13.6 Å². The van der Waals surface area contributed by atoms with Crippen LogP contribution in [0.5, 0.6) is 0 Å². The van der Waals surface area contributed by atoms with E-state index in [1.807, 2.05) is 13.0 Å². The average Bonchev–Trinajstić information content (AvgIpc) is 2.45. The van der Waals surface area contributed by atoms with E-state index < -0.39 is 7.60 Å². The highest BCUT2D eigenvalue weighted by molar-refractivity contribution is 7.57. The van der Waals surface area contributed by atoms with Crippen molar-refractivity contribution in [3.05, 3.63) is 11.9 Å². The Morgan fingerprint density at radius 3 is 1.70 bits per heavy atom. The summed E-state index contributed by atoms with van der Waals surface area (Å²) in [6, 6.07) is 0. The van der Waals surface area contributed by atoms with Crippen molar-refractivity contribution in [2.75, 3.05) is 13.2 Å². The molecule has 4 heteroatoms. The number of hydrogen-bond acceptors (Lipinski definition) is 3. The summed E-state index contributed by atoms with van der Waals surface area (Å²) in [6.45, 7) is 7.42. The van der Waals surface area contributed by atoms with E-state index >= 15 is 0 Å². The Balaban J connectivity index is 4.02. The average molecular weight is 304 g/mol. The summed E-state index contributed by atoms with van der Waals surface area (Å²) in [7, 11) is -3.01. The van der Waals surface area contributed by atoms with E-state index in [-0.39, 0.29) is 0 Å². The van der Waals surface area contributed by atoms with Gasteiger partial charge in [-0.15, -0.1) is 0 Å². The Bertz CT molecular complexity index is 259. The first-order valence-electron chi connectivity index (χ1n) is 8.25. The van der Waals surface area contributed by atoms with Crippen molar-refractivity contribution in [3.63, 3.8) is 0 Å². The van der Waals surface area contributed by atoms with Gasteiger partial charge in [0.25, 0.3) is 0 Å². The van der Waals surface area contributed by atoms with Crippen molar-refractivity contribution >= 4 is 7.60 Å². The predicted octanol–water partition coefficient (Wildman–Crippen LogP) is 6.30. The Hall–Kier alpha value is -0.110. The van der Waals surface area contributed by atoms with E-state index in [1.54, 1.807) is 5.82 Å². The SMILES string of the molecule is CCC=CP(=O)(OCCCCCC)OCCCCCC. The summed E-state index contributed by atoms with van der Waals surface area (Å²) in [5.74, 6) is 1.63. The molecule has 0 atom stereocenters. The lowest BCUT2D eigenvalue weighted by Crippen LogP contribution is -1.98. The fourth-order valence-corrected chi connectivity index (χ4v) is 3.28. The van der Waals surface area contributed by atoms with Crippen LogP contribution < -0.4 is 0 Å². The first-order valence-corrected chi connectivity index (χ1v) is 9.86. The highest BCUT2D eigenvalue weighted by atomic mass is 31.2. The van der Waals surface area contributed by atoms with Crippen molar-refractivity contribution in [1.82, 2.24) is 0 Å². The second kappa shape index (κ2) is 13.9. The van der Waals surface area contributed by atoms with Crippen molar-refractivity contribution in [2.45, 2.75) is 78.6 Å². The van der Waals surface area contributed by atoms with Gasteiger partial charge in [-0.1, -0.05) is 65.4 Å². The zero-order chi connectivity index (χ0) is 15.1. The van der Waals surface area contributed by atoms with Crippen LogP contribution in [0.25, 0.3) is 0 Å². The third kappa shape index (κ3) is 11.7. The molecule has 0 aromatic rings. The lowest BCUT2D eigenvalue weighted by molar-refractivity contribution is 0.205. The summed E-state index contributed by atoms with van der Waals surface area (Å²) in [4.78, 5) is 0. The lowest BCUT2D eigenvalue weighted by atomic mass is 10.2. The third-order valence-electron chi connectivity index (χ3n) is 3.06. The molecule has 0 N–H and O–H groups in total. The standard InChI is InChI=1S/C16H33O3P/c1-4-7-10-12-14-18-20(17,16-9-6-3)19-15-13-11-8-5-2/h9,16H,4-8,10-15H2,1-3H3. The van der Waals surface area contributed by atoms with Crippen LogP contribution in [0.2, 0.25) is 0 Å². The summed E-state index contributed by atoms with van der Waals surface area (Å²) < 4.78 is 23.6. The van der Waals surface area contributed by atoms with E-state index in [0.29, 0.717) is 13.2 Å².